The van der Waals surface area contributed by atoms with Gasteiger partial charge in [0, 0.05) is 18.3 Å². The van der Waals surface area contributed by atoms with Crippen LogP contribution in [-0.4, -0.2) is 9.50 Å². The van der Waals surface area contributed by atoms with E-state index in [1.807, 2.05) is 24.4 Å². The first-order valence-electron chi connectivity index (χ1n) is 4.36. The van der Waals surface area contributed by atoms with Crippen molar-refractivity contribution >= 4 is 11.2 Å². The molecule has 0 aliphatic rings. The molecule has 3 heterocycles. The maximum absolute atomic E-state index is 11.6. The second-order valence-electron chi connectivity index (χ2n) is 3.13. The minimum absolute atomic E-state index is 0.0137. The van der Waals surface area contributed by atoms with Gasteiger partial charge in [-0.3, -0.25) is 0 Å². The molecule has 68 valence electrons. The van der Waals surface area contributed by atoms with Crippen molar-refractivity contribution in [3.63, 3.8) is 0 Å². The second-order valence-corrected chi connectivity index (χ2v) is 3.13. The number of hydrogen-bond donors (Lipinski definition) is 1. The third-order valence-electron chi connectivity index (χ3n) is 2.30. The van der Waals surface area contributed by atoms with E-state index in [0.717, 1.165) is 11.2 Å². The third kappa shape index (κ3) is 0.821. The lowest BCUT2D eigenvalue weighted by Gasteiger charge is -1.92. The van der Waals surface area contributed by atoms with Gasteiger partial charge in [-0.25, -0.2) is 9.89 Å². The van der Waals surface area contributed by atoms with Crippen molar-refractivity contribution < 1.29 is 4.52 Å². The van der Waals surface area contributed by atoms with E-state index in [0.29, 0.717) is 0 Å². The summed E-state index contributed by atoms with van der Waals surface area (Å²) in [6, 6.07) is 8.99. The van der Waals surface area contributed by atoms with Crippen molar-refractivity contribution in [1.29, 1.82) is 0 Å². The highest BCUT2D eigenvalue weighted by molar-refractivity contribution is 5.50. The fourth-order valence-corrected chi connectivity index (χ4v) is 1.67. The van der Waals surface area contributed by atoms with Crippen LogP contribution in [-0.2, 0) is 0 Å². The lowest BCUT2D eigenvalue weighted by molar-refractivity contribution is -0.579. The first-order valence-corrected chi connectivity index (χ1v) is 4.36. The number of hydrogen-bond acceptors (Lipinski definition) is 1. The standard InChI is InChI=1S/C10H7N3O/c14-10-3-1-2-8-5-7-12-9(13(8)10)4-6-11-12/h1-7H/p+1. The number of fused-ring (bicyclic) bond motifs is 3. The Bertz CT molecular complexity index is 665. The predicted molar refractivity (Wildman–Crippen MR) is 51.2 cm³/mol. The summed E-state index contributed by atoms with van der Waals surface area (Å²) in [4.78, 5) is 11.6. The molecule has 0 fully saturated rings. The minimum Gasteiger partial charge on any atom is -0.241 e. The summed E-state index contributed by atoms with van der Waals surface area (Å²) >= 11 is 0. The number of nitrogens with zero attached hydrogens (tertiary/aromatic N) is 2. The number of nitrogens with one attached hydrogen (secondary N) is 1. The van der Waals surface area contributed by atoms with Gasteiger partial charge in [0.05, 0.1) is 6.07 Å². The fraction of sp³-hybridized carbons (Fsp3) is 0. The quantitative estimate of drug-likeness (QED) is 0.506. The molecule has 14 heavy (non-hydrogen) atoms. The molecule has 0 spiro atoms. The smallest absolute Gasteiger partial charge is 0.241 e. The van der Waals surface area contributed by atoms with Crippen LogP contribution in [0.5, 0.6) is 0 Å². The van der Waals surface area contributed by atoms with E-state index < -0.39 is 0 Å². The third-order valence-corrected chi connectivity index (χ3v) is 2.30. The summed E-state index contributed by atoms with van der Waals surface area (Å²) in [5.41, 5.74) is 1.73. The fourth-order valence-electron chi connectivity index (χ4n) is 1.67. The average molecular weight is 186 g/mol. The Hall–Kier alpha value is -2.10. The molecule has 0 amide bonds. The highest BCUT2D eigenvalue weighted by Gasteiger charge is 2.09. The Morgan fingerprint density at radius 3 is 3.07 bits per heavy atom. The van der Waals surface area contributed by atoms with Crippen LogP contribution in [0.25, 0.3) is 11.2 Å². The van der Waals surface area contributed by atoms with Crippen LogP contribution >= 0.6 is 0 Å². The highest BCUT2D eigenvalue weighted by atomic mass is 16.1. The van der Waals surface area contributed by atoms with Crippen molar-refractivity contribution in [2.24, 2.45) is 0 Å². The normalized spacial score (nSPS) is 11.1. The topological polar surface area (TPSA) is 41.4 Å². The summed E-state index contributed by atoms with van der Waals surface area (Å²) in [5, 5.41) is 3.00. The lowest BCUT2D eigenvalue weighted by Crippen LogP contribution is -2.28. The number of aromatic nitrogens is 3. The van der Waals surface area contributed by atoms with E-state index >= 15 is 0 Å². The Balaban J connectivity index is 2.74. The zero-order valence-corrected chi connectivity index (χ0v) is 7.34. The van der Waals surface area contributed by atoms with Gasteiger partial charge in [-0.15, -0.1) is 4.52 Å². The van der Waals surface area contributed by atoms with Gasteiger partial charge in [0.2, 0.25) is 0 Å². The SMILES string of the molecule is O=c1cccc2cc[n+]3[nH]ccc3n12. The minimum atomic E-state index is -0.0137. The van der Waals surface area contributed by atoms with Gasteiger partial charge in [0.15, 0.2) is 0 Å². The zero-order chi connectivity index (χ0) is 9.54. The number of aromatic amines is 1. The van der Waals surface area contributed by atoms with Gasteiger partial charge in [-0.2, -0.15) is 4.40 Å². The van der Waals surface area contributed by atoms with E-state index in [-0.39, 0.29) is 5.56 Å². The summed E-state index contributed by atoms with van der Waals surface area (Å²) in [7, 11) is 0. The Morgan fingerprint density at radius 2 is 2.14 bits per heavy atom. The molecule has 0 saturated heterocycles. The molecule has 0 aliphatic carbocycles. The number of H-pyrrole nitrogens is 1. The molecular weight excluding hydrogens is 178 g/mol. The molecule has 0 aromatic carbocycles. The van der Waals surface area contributed by atoms with Crippen molar-refractivity contribution in [2.75, 3.05) is 0 Å². The summed E-state index contributed by atoms with van der Waals surface area (Å²) in [6.45, 7) is 0. The molecule has 1 N–H and O–H groups in total. The molecule has 3 rings (SSSR count). The van der Waals surface area contributed by atoms with Crippen LogP contribution in [0.3, 0.4) is 0 Å². The van der Waals surface area contributed by atoms with Gasteiger partial charge in [-0.1, -0.05) is 6.07 Å². The van der Waals surface area contributed by atoms with Crippen LogP contribution in [0.4, 0.5) is 0 Å². The first kappa shape index (κ1) is 7.32. The van der Waals surface area contributed by atoms with Gasteiger partial charge >= 0.3 is 11.2 Å². The molecule has 3 aromatic heterocycles. The number of rotatable bonds is 0. The first-order chi connectivity index (χ1) is 6.86. The Morgan fingerprint density at radius 1 is 1.21 bits per heavy atom. The molecule has 0 saturated carbocycles. The highest BCUT2D eigenvalue weighted by Crippen LogP contribution is 2.00. The maximum Gasteiger partial charge on any atom is 0.339 e. The van der Waals surface area contributed by atoms with E-state index in [1.165, 1.54) is 0 Å². The van der Waals surface area contributed by atoms with E-state index in [9.17, 15) is 4.79 Å². The molecule has 0 unspecified atom stereocenters. The summed E-state index contributed by atoms with van der Waals surface area (Å²) < 4.78 is 3.46. The largest absolute Gasteiger partial charge is 0.339 e. The molecule has 0 atom stereocenters. The monoisotopic (exact) mass is 186 g/mol. The molecule has 0 aliphatic heterocycles. The Labute approximate surface area is 79.0 Å². The van der Waals surface area contributed by atoms with Crippen molar-refractivity contribution in [3.05, 3.63) is 53.1 Å². The van der Waals surface area contributed by atoms with Crippen molar-refractivity contribution in [3.8, 4) is 0 Å². The van der Waals surface area contributed by atoms with E-state index in [2.05, 4.69) is 5.10 Å². The van der Waals surface area contributed by atoms with Gasteiger partial charge in [0.25, 0.3) is 0 Å². The van der Waals surface area contributed by atoms with E-state index in [4.69, 9.17) is 0 Å². The molecule has 4 nitrogen and oxygen atoms in total. The summed E-state index contributed by atoms with van der Waals surface area (Å²) in [5.74, 6) is 0. The molecule has 3 aromatic rings. The van der Waals surface area contributed by atoms with Crippen LogP contribution in [0.1, 0.15) is 0 Å². The maximum atomic E-state index is 11.6. The van der Waals surface area contributed by atoms with E-state index in [1.54, 1.807) is 27.2 Å². The van der Waals surface area contributed by atoms with Crippen molar-refractivity contribution in [1.82, 2.24) is 9.50 Å². The number of pyridine rings is 1. The second kappa shape index (κ2) is 2.45. The molecule has 0 bridgehead atoms. The van der Waals surface area contributed by atoms with Gasteiger partial charge in [0.1, 0.15) is 11.7 Å². The molecule has 4 heteroatoms. The molecule has 0 radical (unpaired) electrons. The van der Waals surface area contributed by atoms with Crippen molar-refractivity contribution in [2.45, 2.75) is 0 Å². The Kier molecular flexibility index (Phi) is 1.28. The van der Waals surface area contributed by atoms with Gasteiger partial charge < -0.3 is 0 Å². The average Bonchev–Trinajstić information content (AvgIpc) is 2.65. The predicted octanol–water partition coefficient (Wildman–Crippen LogP) is 0.366. The van der Waals surface area contributed by atoms with Crippen LogP contribution in [0, 0.1) is 0 Å². The summed E-state index contributed by atoms with van der Waals surface area (Å²) in [6.07, 6.45) is 3.69. The van der Waals surface area contributed by atoms with Crippen LogP contribution < -0.4 is 10.1 Å². The van der Waals surface area contributed by atoms with Crippen LogP contribution in [0.2, 0.25) is 0 Å². The van der Waals surface area contributed by atoms with Gasteiger partial charge in [-0.05, 0) is 6.07 Å². The zero-order valence-electron chi connectivity index (χ0n) is 7.34. The lowest BCUT2D eigenvalue weighted by atomic mass is 10.4. The molecular formula is C10H8N3O+. The van der Waals surface area contributed by atoms with Crippen LogP contribution in [0.15, 0.2) is 47.5 Å².